The van der Waals surface area contributed by atoms with E-state index < -0.39 is 11.9 Å². The summed E-state index contributed by atoms with van der Waals surface area (Å²) in [6, 6.07) is 9.01. The molecule has 3 atom stereocenters. The summed E-state index contributed by atoms with van der Waals surface area (Å²) in [4.78, 5) is 25.0. The lowest BCUT2D eigenvalue weighted by Crippen LogP contribution is -2.42. The van der Waals surface area contributed by atoms with Gasteiger partial charge in [-0.1, -0.05) is 12.8 Å². The summed E-state index contributed by atoms with van der Waals surface area (Å²) >= 11 is 0. The van der Waals surface area contributed by atoms with Gasteiger partial charge in [0.25, 0.3) is 5.91 Å². The highest BCUT2D eigenvalue weighted by Gasteiger charge is 2.35. The molecule has 0 bridgehead atoms. The van der Waals surface area contributed by atoms with Crippen LogP contribution in [0.3, 0.4) is 0 Å². The molecule has 1 aromatic carbocycles. The Balaban J connectivity index is 1.29. The second kappa shape index (κ2) is 8.90. The van der Waals surface area contributed by atoms with Crippen molar-refractivity contribution in [3.05, 3.63) is 47.4 Å². The number of aromatic nitrogens is 4. The van der Waals surface area contributed by atoms with E-state index in [1.165, 1.54) is 38.2 Å². The van der Waals surface area contributed by atoms with E-state index in [-0.39, 0.29) is 5.91 Å². The number of amides is 1. The van der Waals surface area contributed by atoms with Crippen LogP contribution in [0.25, 0.3) is 33.6 Å². The lowest BCUT2D eigenvalue weighted by atomic mass is 9.88. The van der Waals surface area contributed by atoms with Gasteiger partial charge in [-0.3, -0.25) is 4.79 Å². The molecule has 7 nitrogen and oxygen atoms in total. The molecule has 0 radical (unpaired) electrons. The van der Waals surface area contributed by atoms with Gasteiger partial charge < -0.3 is 19.1 Å². The molecule has 3 fully saturated rings. The minimum atomic E-state index is -0.660. The van der Waals surface area contributed by atoms with Crippen LogP contribution < -0.4 is 0 Å². The summed E-state index contributed by atoms with van der Waals surface area (Å²) in [5.74, 6) is 2.03. The Morgan fingerprint density at radius 1 is 1.11 bits per heavy atom. The number of hydrogen-bond donors (Lipinski definition) is 1. The lowest BCUT2D eigenvalue weighted by molar-refractivity contribution is 0.0627. The number of carbonyl (C=O) groups excluding carboxylic acids is 1. The van der Waals surface area contributed by atoms with Crippen molar-refractivity contribution in [1.82, 2.24) is 24.0 Å². The van der Waals surface area contributed by atoms with Gasteiger partial charge in [0, 0.05) is 37.6 Å². The minimum Gasteiger partial charge on any atom is -0.387 e. The molecule has 1 N–H and O–H groups in total. The highest BCUT2D eigenvalue weighted by atomic mass is 19.1. The first kappa shape index (κ1) is 23.8. The third-order valence-corrected chi connectivity index (χ3v) is 9.06. The SMILES string of the molecule is CC(O)c1ccc2cc(-c3nc4cc(C(=O)N5CC[C@@H]6CCC[C@@H]6C5)cc(F)c4n3C)n(CC3CC3)c2n1. The quantitative estimate of drug-likeness (QED) is 0.383. The van der Waals surface area contributed by atoms with Crippen molar-refractivity contribution in [2.45, 2.75) is 58.1 Å². The molecule has 1 saturated heterocycles. The molecule has 3 aromatic heterocycles. The van der Waals surface area contributed by atoms with Gasteiger partial charge in [0.2, 0.25) is 0 Å². The maximum absolute atomic E-state index is 15.6. The Morgan fingerprint density at radius 2 is 1.92 bits per heavy atom. The molecule has 4 aromatic rings. The van der Waals surface area contributed by atoms with Crippen molar-refractivity contribution in [2.75, 3.05) is 13.1 Å². The number of carbonyl (C=O) groups is 1. The molecule has 8 heteroatoms. The fraction of sp³-hybridized carbons (Fsp3) is 0.500. The molecule has 7 rings (SSSR count). The average Bonchev–Trinajstić information content (AvgIpc) is 3.33. The number of fused-ring (bicyclic) bond motifs is 3. The van der Waals surface area contributed by atoms with Gasteiger partial charge in [-0.2, -0.15) is 0 Å². The predicted molar refractivity (Wildman–Crippen MR) is 144 cm³/mol. The number of halogens is 1. The number of aryl methyl sites for hydroxylation is 1. The number of nitrogens with zero attached hydrogens (tertiary/aromatic N) is 5. The maximum Gasteiger partial charge on any atom is 0.254 e. The van der Waals surface area contributed by atoms with E-state index in [2.05, 4.69) is 4.57 Å². The van der Waals surface area contributed by atoms with E-state index >= 15 is 4.39 Å². The molecule has 38 heavy (non-hydrogen) atoms. The fourth-order valence-electron chi connectivity index (χ4n) is 6.75. The van der Waals surface area contributed by atoms with Gasteiger partial charge in [-0.15, -0.1) is 0 Å². The van der Waals surface area contributed by atoms with Gasteiger partial charge in [-0.05, 0) is 80.7 Å². The summed E-state index contributed by atoms with van der Waals surface area (Å²) in [5.41, 5.74) is 3.56. The van der Waals surface area contributed by atoms with E-state index in [0.29, 0.717) is 40.0 Å². The van der Waals surface area contributed by atoms with Crippen molar-refractivity contribution < 1.29 is 14.3 Å². The van der Waals surface area contributed by atoms with Crippen LogP contribution in [0.15, 0.2) is 30.3 Å². The number of rotatable bonds is 5. The van der Waals surface area contributed by atoms with Crippen molar-refractivity contribution in [3.63, 3.8) is 0 Å². The third kappa shape index (κ3) is 3.92. The summed E-state index contributed by atoms with van der Waals surface area (Å²) in [5, 5.41) is 11.1. The summed E-state index contributed by atoms with van der Waals surface area (Å²) in [6.07, 6.45) is 6.46. The van der Waals surface area contributed by atoms with Crippen LogP contribution in [0.5, 0.6) is 0 Å². The van der Waals surface area contributed by atoms with Crippen LogP contribution in [0.2, 0.25) is 0 Å². The van der Waals surface area contributed by atoms with Gasteiger partial charge in [0.15, 0.2) is 5.82 Å². The predicted octanol–water partition coefficient (Wildman–Crippen LogP) is 5.45. The largest absolute Gasteiger partial charge is 0.387 e. The summed E-state index contributed by atoms with van der Waals surface area (Å²) in [6.45, 7) is 4.04. The zero-order valence-electron chi connectivity index (χ0n) is 22.0. The molecule has 3 aliphatic rings. The van der Waals surface area contributed by atoms with Gasteiger partial charge >= 0.3 is 0 Å². The number of imidazole rings is 1. The minimum absolute atomic E-state index is 0.0962. The van der Waals surface area contributed by atoms with E-state index in [1.54, 1.807) is 17.6 Å². The molecule has 1 aliphatic heterocycles. The van der Waals surface area contributed by atoms with Crippen LogP contribution >= 0.6 is 0 Å². The van der Waals surface area contributed by atoms with Crippen LogP contribution in [0.1, 0.15) is 67.6 Å². The fourth-order valence-corrected chi connectivity index (χ4v) is 6.75. The first-order valence-electron chi connectivity index (χ1n) is 14.0. The highest BCUT2D eigenvalue weighted by Crippen LogP contribution is 2.39. The second-order valence-corrected chi connectivity index (χ2v) is 11.7. The third-order valence-electron chi connectivity index (χ3n) is 9.06. The van der Waals surface area contributed by atoms with Crippen LogP contribution in [0, 0.1) is 23.6 Å². The van der Waals surface area contributed by atoms with Crippen molar-refractivity contribution in [3.8, 4) is 11.5 Å². The Kier molecular flexibility index (Phi) is 5.58. The number of aliphatic hydroxyl groups is 1. The first-order valence-corrected chi connectivity index (χ1v) is 14.0. The topological polar surface area (TPSA) is 76.2 Å². The molecule has 2 aliphatic carbocycles. The normalized spacial score (nSPS) is 22.4. The van der Waals surface area contributed by atoms with E-state index in [1.807, 2.05) is 30.1 Å². The Hall–Kier alpha value is -3.26. The zero-order valence-corrected chi connectivity index (χ0v) is 22.0. The molecule has 1 amide bonds. The van der Waals surface area contributed by atoms with Crippen LogP contribution in [-0.2, 0) is 13.6 Å². The molecule has 4 heterocycles. The Morgan fingerprint density at radius 3 is 2.71 bits per heavy atom. The summed E-state index contributed by atoms with van der Waals surface area (Å²) in [7, 11) is 1.83. The van der Waals surface area contributed by atoms with E-state index in [0.717, 1.165) is 48.7 Å². The Bertz CT molecular complexity index is 1570. The van der Waals surface area contributed by atoms with Crippen molar-refractivity contribution in [1.29, 1.82) is 0 Å². The van der Waals surface area contributed by atoms with E-state index in [4.69, 9.17) is 9.97 Å². The van der Waals surface area contributed by atoms with Crippen molar-refractivity contribution in [2.24, 2.45) is 24.8 Å². The zero-order chi connectivity index (χ0) is 26.1. The highest BCUT2D eigenvalue weighted by molar-refractivity contribution is 5.98. The number of hydrogen-bond acceptors (Lipinski definition) is 4. The monoisotopic (exact) mass is 515 g/mol. The maximum atomic E-state index is 15.6. The molecule has 198 valence electrons. The van der Waals surface area contributed by atoms with Crippen molar-refractivity contribution >= 4 is 28.0 Å². The molecular formula is C30H34FN5O2. The lowest BCUT2D eigenvalue weighted by Gasteiger charge is -2.35. The number of aliphatic hydroxyl groups excluding tert-OH is 1. The number of benzene rings is 1. The Labute approximate surface area is 221 Å². The number of pyridine rings is 1. The van der Waals surface area contributed by atoms with Crippen LogP contribution in [-0.4, -0.2) is 48.1 Å². The van der Waals surface area contributed by atoms with Gasteiger partial charge in [-0.25, -0.2) is 14.4 Å². The molecule has 2 saturated carbocycles. The van der Waals surface area contributed by atoms with Gasteiger partial charge in [0.1, 0.15) is 17.0 Å². The molecule has 1 unspecified atom stereocenters. The summed E-state index contributed by atoms with van der Waals surface area (Å²) < 4.78 is 19.5. The average molecular weight is 516 g/mol. The standard InChI is InChI=1S/C30H34FN5O2/c1-17(37)24-9-8-20-14-26(36(28(20)32-24)15-18-6-7-18)29-33-25-13-22(12-23(31)27(25)34(29)2)30(38)35-11-10-19-4-3-5-21(19)16-35/h8-9,12-14,17-19,21,37H,3-7,10-11,15-16H2,1-2H3/t17?,19-,21+/m0/s1. The van der Waals surface area contributed by atoms with E-state index in [9.17, 15) is 9.90 Å². The van der Waals surface area contributed by atoms with Crippen LogP contribution in [0.4, 0.5) is 4.39 Å². The molecule has 0 spiro atoms. The number of likely N-dealkylation sites (tertiary alicyclic amines) is 1. The smallest absolute Gasteiger partial charge is 0.254 e. The first-order chi connectivity index (χ1) is 18.4. The second-order valence-electron chi connectivity index (χ2n) is 11.7. The van der Waals surface area contributed by atoms with Gasteiger partial charge in [0.05, 0.1) is 23.0 Å². The number of piperidine rings is 1. The molecular weight excluding hydrogens is 481 g/mol.